The number of amides is 1. The number of carbonyl (C=O) groups is 1. The highest BCUT2D eigenvalue weighted by atomic mass is 79.9. The van der Waals surface area contributed by atoms with Crippen molar-refractivity contribution in [1.29, 1.82) is 0 Å². The van der Waals surface area contributed by atoms with Crippen molar-refractivity contribution >= 4 is 21.8 Å². The van der Waals surface area contributed by atoms with Crippen molar-refractivity contribution < 1.29 is 4.79 Å². The first-order valence-corrected chi connectivity index (χ1v) is 5.82. The number of carbonyl (C=O) groups excluding carboxylic acids is 1. The fourth-order valence-electron chi connectivity index (χ4n) is 1.62. The van der Waals surface area contributed by atoms with Gasteiger partial charge in [0, 0.05) is 13.1 Å². The van der Waals surface area contributed by atoms with E-state index in [1.54, 1.807) is 0 Å². The molecule has 0 aliphatic carbocycles. The molecule has 0 spiro atoms. The Labute approximate surface area is 95.8 Å². The van der Waals surface area contributed by atoms with Gasteiger partial charge in [-0.25, -0.2) is 0 Å². The fraction of sp³-hybridized carbons (Fsp3) is 0.750. The molecule has 0 saturated carbocycles. The van der Waals surface area contributed by atoms with Gasteiger partial charge in [-0.3, -0.25) is 4.79 Å². The monoisotopic (exact) mass is 273 g/mol. The molecule has 1 atom stereocenters. The summed E-state index contributed by atoms with van der Waals surface area (Å²) in [5.41, 5.74) is 0. The van der Waals surface area contributed by atoms with Gasteiger partial charge >= 0.3 is 0 Å². The van der Waals surface area contributed by atoms with Crippen molar-refractivity contribution in [1.82, 2.24) is 25.1 Å². The number of alkyl halides is 1. The summed E-state index contributed by atoms with van der Waals surface area (Å²) in [5.74, 6) is 0.168. The molecule has 0 aromatic carbocycles. The summed E-state index contributed by atoms with van der Waals surface area (Å²) in [7, 11) is 0. The van der Waals surface area contributed by atoms with Gasteiger partial charge in [-0.05, 0) is 18.1 Å². The van der Waals surface area contributed by atoms with Gasteiger partial charge in [-0.1, -0.05) is 15.9 Å². The Kier molecular flexibility index (Phi) is 3.30. The predicted molar refractivity (Wildman–Crippen MR) is 56.3 cm³/mol. The van der Waals surface area contributed by atoms with E-state index in [9.17, 15) is 4.79 Å². The van der Waals surface area contributed by atoms with E-state index in [1.165, 1.54) is 11.1 Å². The minimum Gasteiger partial charge on any atom is -0.340 e. The van der Waals surface area contributed by atoms with Gasteiger partial charge in [0.2, 0.25) is 5.91 Å². The lowest BCUT2D eigenvalue weighted by molar-refractivity contribution is -0.132. The van der Waals surface area contributed by atoms with Crippen LogP contribution in [0.2, 0.25) is 0 Å². The predicted octanol–water partition coefficient (Wildman–Crippen LogP) is 0.0590. The van der Waals surface area contributed by atoms with Crippen molar-refractivity contribution in [2.24, 2.45) is 0 Å². The first kappa shape index (κ1) is 10.5. The highest BCUT2D eigenvalue weighted by molar-refractivity contribution is 9.10. The normalized spacial score (nSPS) is 22.1. The van der Waals surface area contributed by atoms with Crippen molar-refractivity contribution in [3.63, 3.8) is 0 Å². The quantitative estimate of drug-likeness (QED) is 0.731. The highest BCUT2D eigenvalue weighted by Gasteiger charge is 2.25. The van der Waals surface area contributed by atoms with Gasteiger partial charge in [0.1, 0.15) is 0 Å². The largest absolute Gasteiger partial charge is 0.340 e. The fourth-order valence-corrected chi connectivity index (χ4v) is 2.23. The molecular weight excluding hydrogens is 262 g/mol. The minimum atomic E-state index is -0.0186. The van der Waals surface area contributed by atoms with E-state index in [1.807, 2.05) is 4.90 Å². The van der Waals surface area contributed by atoms with Gasteiger partial charge in [0.15, 0.2) is 6.33 Å². The van der Waals surface area contributed by atoms with Gasteiger partial charge in [-0.15, -0.1) is 10.2 Å². The molecule has 7 heteroatoms. The lowest BCUT2D eigenvalue weighted by Gasteiger charge is -2.29. The zero-order chi connectivity index (χ0) is 10.7. The highest BCUT2D eigenvalue weighted by Crippen LogP contribution is 2.17. The van der Waals surface area contributed by atoms with E-state index >= 15 is 0 Å². The summed E-state index contributed by atoms with van der Waals surface area (Å²) in [4.78, 5) is 15.0. The molecule has 2 rings (SSSR count). The third-order valence-corrected chi connectivity index (χ3v) is 3.28. The number of halogens is 1. The van der Waals surface area contributed by atoms with Crippen LogP contribution in [0, 0.1) is 0 Å². The number of likely N-dealkylation sites (tertiary alicyclic amines) is 1. The number of tetrazole rings is 1. The van der Waals surface area contributed by atoms with Gasteiger partial charge in [0.05, 0.1) is 11.4 Å². The van der Waals surface area contributed by atoms with Crippen LogP contribution in [0.25, 0.3) is 0 Å². The van der Waals surface area contributed by atoms with Crippen molar-refractivity contribution in [3.05, 3.63) is 6.33 Å². The molecular formula is C8H12BrN5O. The molecule has 1 unspecified atom stereocenters. The van der Waals surface area contributed by atoms with Crippen LogP contribution >= 0.6 is 15.9 Å². The summed E-state index contributed by atoms with van der Waals surface area (Å²) in [6, 6.07) is 0. The topological polar surface area (TPSA) is 63.9 Å². The maximum Gasteiger partial charge on any atom is 0.236 e. The Hall–Kier alpha value is -0.980. The van der Waals surface area contributed by atoms with Gasteiger partial charge in [-0.2, -0.15) is 4.80 Å². The van der Waals surface area contributed by atoms with E-state index < -0.39 is 0 Å². The van der Waals surface area contributed by atoms with E-state index in [4.69, 9.17) is 0 Å². The second kappa shape index (κ2) is 4.69. The van der Waals surface area contributed by atoms with Crippen LogP contribution in [0.3, 0.4) is 0 Å². The average Bonchev–Trinajstić information content (AvgIpc) is 2.73. The standard InChI is InChI=1S/C8H12BrN5O/c9-7-2-1-3-13(8(7)15)4-5-14-11-6-10-12-14/h6-7H,1-5H2. The Morgan fingerprint density at radius 1 is 1.53 bits per heavy atom. The number of hydrogen-bond acceptors (Lipinski definition) is 4. The third kappa shape index (κ3) is 2.53. The van der Waals surface area contributed by atoms with E-state index in [0.717, 1.165) is 19.4 Å². The first-order valence-electron chi connectivity index (χ1n) is 4.91. The van der Waals surface area contributed by atoms with Gasteiger partial charge < -0.3 is 4.90 Å². The molecule has 2 heterocycles. The summed E-state index contributed by atoms with van der Waals surface area (Å²) in [6.07, 6.45) is 3.37. The number of rotatable bonds is 3. The summed E-state index contributed by atoms with van der Waals surface area (Å²) in [5, 5.41) is 11.2. The summed E-state index contributed by atoms with van der Waals surface area (Å²) >= 11 is 3.37. The minimum absolute atomic E-state index is 0.0186. The van der Waals surface area contributed by atoms with Crippen molar-refractivity contribution in [2.45, 2.75) is 24.2 Å². The molecule has 15 heavy (non-hydrogen) atoms. The molecule has 0 bridgehead atoms. The number of aromatic nitrogens is 4. The smallest absolute Gasteiger partial charge is 0.236 e. The second-order valence-electron chi connectivity index (χ2n) is 3.47. The van der Waals surface area contributed by atoms with Gasteiger partial charge in [0.25, 0.3) is 0 Å². The molecule has 0 radical (unpaired) electrons. The molecule has 1 aromatic rings. The molecule has 1 aromatic heterocycles. The lowest BCUT2D eigenvalue weighted by atomic mass is 10.1. The van der Waals surface area contributed by atoms with E-state index in [-0.39, 0.29) is 10.7 Å². The SMILES string of the molecule is O=C1C(Br)CCCN1CCn1ncnn1. The van der Waals surface area contributed by atoms with Crippen LogP contribution in [-0.2, 0) is 11.3 Å². The van der Waals surface area contributed by atoms with Crippen LogP contribution in [0.4, 0.5) is 0 Å². The second-order valence-corrected chi connectivity index (χ2v) is 4.57. The zero-order valence-corrected chi connectivity index (χ0v) is 9.80. The molecule has 82 valence electrons. The van der Waals surface area contributed by atoms with E-state index in [2.05, 4.69) is 31.3 Å². The molecule has 1 aliphatic heterocycles. The van der Waals surface area contributed by atoms with E-state index in [0.29, 0.717) is 13.1 Å². The number of piperidine rings is 1. The molecule has 1 amide bonds. The Bertz CT molecular complexity index is 328. The first-order chi connectivity index (χ1) is 7.27. The molecule has 1 fully saturated rings. The average molecular weight is 274 g/mol. The lowest BCUT2D eigenvalue weighted by Crippen LogP contribution is -2.43. The molecule has 6 nitrogen and oxygen atoms in total. The van der Waals surface area contributed by atoms with Crippen molar-refractivity contribution in [2.75, 3.05) is 13.1 Å². The van der Waals surface area contributed by atoms with Crippen LogP contribution in [0.15, 0.2) is 6.33 Å². The molecule has 1 aliphatic rings. The Morgan fingerprint density at radius 2 is 2.40 bits per heavy atom. The summed E-state index contributed by atoms with van der Waals surface area (Å²) < 4.78 is 0. The number of hydrogen-bond donors (Lipinski definition) is 0. The molecule has 1 saturated heterocycles. The Balaban J connectivity index is 1.86. The maximum atomic E-state index is 11.7. The third-order valence-electron chi connectivity index (χ3n) is 2.43. The molecule has 0 N–H and O–H groups in total. The summed E-state index contributed by atoms with van der Waals surface area (Å²) in [6.45, 7) is 2.08. The Morgan fingerprint density at radius 3 is 3.13 bits per heavy atom. The van der Waals surface area contributed by atoms with Crippen molar-refractivity contribution in [3.8, 4) is 0 Å². The van der Waals surface area contributed by atoms with Crippen LogP contribution in [0.1, 0.15) is 12.8 Å². The van der Waals surface area contributed by atoms with Crippen LogP contribution in [0.5, 0.6) is 0 Å². The van der Waals surface area contributed by atoms with Crippen LogP contribution < -0.4 is 0 Å². The maximum absolute atomic E-state index is 11.7. The van der Waals surface area contributed by atoms with Crippen LogP contribution in [-0.4, -0.2) is 48.9 Å². The zero-order valence-electron chi connectivity index (χ0n) is 8.21. The number of nitrogens with zero attached hydrogens (tertiary/aromatic N) is 5.